The summed E-state index contributed by atoms with van der Waals surface area (Å²) in [5, 5.41) is 7.93. The van der Waals surface area contributed by atoms with E-state index < -0.39 is 17.5 Å². The van der Waals surface area contributed by atoms with Gasteiger partial charge in [-0.25, -0.2) is 0 Å². The summed E-state index contributed by atoms with van der Waals surface area (Å²) in [6.07, 6.45) is -4.98. The zero-order chi connectivity index (χ0) is 8.36. The number of hydrogen-bond acceptors (Lipinski definition) is 2. The highest BCUT2D eigenvalue weighted by Gasteiger charge is 2.36. The molecule has 0 unspecified atom stereocenters. The van der Waals surface area contributed by atoms with Gasteiger partial charge in [0.25, 0.3) is 0 Å². The quantitative estimate of drug-likeness (QED) is 0.459. The Bertz CT molecular complexity index is 168. The van der Waals surface area contributed by atoms with Gasteiger partial charge in [-0.15, -0.1) is 0 Å². The second-order valence-corrected chi connectivity index (χ2v) is 1.60. The first-order valence-corrected chi connectivity index (χ1v) is 2.32. The van der Waals surface area contributed by atoms with Crippen molar-refractivity contribution < 1.29 is 23.1 Å². The molecule has 5 heteroatoms. The molecule has 0 radical (unpaired) electrons. The Morgan fingerprint density at radius 1 is 1.50 bits per heavy atom. The standard InChI is InChI=1S/C5H5F3O2/c1-3(10)4(2-9)5(6,7)8/h2,9H,1H3. The monoisotopic (exact) mass is 154 g/mol. The summed E-state index contributed by atoms with van der Waals surface area (Å²) < 4.78 is 34.6. The Balaban J connectivity index is 4.56. The van der Waals surface area contributed by atoms with Crippen LogP contribution in [0.3, 0.4) is 0 Å². The van der Waals surface area contributed by atoms with Gasteiger partial charge in [0.2, 0.25) is 0 Å². The van der Waals surface area contributed by atoms with E-state index >= 15 is 0 Å². The molecule has 0 saturated carbocycles. The highest BCUT2D eigenvalue weighted by molar-refractivity contribution is 5.94. The number of halogens is 3. The molecule has 0 aliphatic heterocycles. The number of hydrogen-bond donors (Lipinski definition) is 1. The molecule has 0 rings (SSSR count). The summed E-state index contributed by atoms with van der Waals surface area (Å²) >= 11 is 0. The smallest absolute Gasteiger partial charge is 0.422 e. The van der Waals surface area contributed by atoms with Gasteiger partial charge < -0.3 is 5.11 Å². The summed E-state index contributed by atoms with van der Waals surface area (Å²) in [6.45, 7) is 0.732. The molecule has 0 saturated heterocycles. The van der Waals surface area contributed by atoms with Crippen molar-refractivity contribution in [2.45, 2.75) is 13.1 Å². The maximum Gasteiger partial charge on any atom is 0.422 e. The lowest BCUT2D eigenvalue weighted by molar-refractivity contribution is -0.127. The van der Waals surface area contributed by atoms with Gasteiger partial charge in [-0.1, -0.05) is 0 Å². The first-order chi connectivity index (χ1) is 4.39. The first kappa shape index (κ1) is 9.00. The van der Waals surface area contributed by atoms with Gasteiger partial charge in [0.15, 0.2) is 5.78 Å². The first-order valence-electron chi connectivity index (χ1n) is 2.32. The van der Waals surface area contributed by atoms with E-state index in [0.717, 1.165) is 6.92 Å². The van der Waals surface area contributed by atoms with Crippen LogP contribution in [0.2, 0.25) is 0 Å². The maximum atomic E-state index is 11.5. The minimum absolute atomic E-state index is 0.234. The summed E-state index contributed by atoms with van der Waals surface area (Å²) in [5.41, 5.74) is -1.53. The molecule has 0 bridgehead atoms. The number of aliphatic hydroxyl groups excluding tert-OH is 1. The van der Waals surface area contributed by atoms with E-state index in [1.165, 1.54) is 0 Å². The number of carbonyl (C=O) groups excluding carboxylic acids is 1. The zero-order valence-corrected chi connectivity index (χ0v) is 5.07. The lowest BCUT2D eigenvalue weighted by Crippen LogP contribution is -2.17. The minimum Gasteiger partial charge on any atom is -0.515 e. The van der Waals surface area contributed by atoms with E-state index in [1.807, 2.05) is 0 Å². The molecule has 0 fully saturated rings. The predicted molar refractivity (Wildman–Crippen MR) is 27.4 cm³/mol. The van der Waals surface area contributed by atoms with E-state index in [-0.39, 0.29) is 6.26 Å². The van der Waals surface area contributed by atoms with Crippen molar-refractivity contribution in [1.82, 2.24) is 0 Å². The van der Waals surface area contributed by atoms with Crippen LogP contribution in [0.15, 0.2) is 11.8 Å². The Kier molecular flexibility index (Phi) is 2.45. The molecule has 0 aromatic rings. The van der Waals surface area contributed by atoms with Crippen molar-refractivity contribution in [2.24, 2.45) is 0 Å². The highest BCUT2D eigenvalue weighted by Crippen LogP contribution is 2.25. The largest absolute Gasteiger partial charge is 0.515 e. The van der Waals surface area contributed by atoms with Crippen molar-refractivity contribution in [3.63, 3.8) is 0 Å². The second kappa shape index (κ2) is 2.72. The van der Waals surface area contributed by atoms with Crippen molar-refractivity contribution in [3.05, 3.63) is 11.8 Å². The highest BCUT2D eigenvalue weighted by atomic mass is 19.4. The number of aliphatic hydroxyl groups is 1. The van der Waals surface area contributed by atoms with Crippen LogP contribution in [0, 0.1) is 0 Å². The van der Waals surface area contributed by atoms with E-state index in [1.54, 1.807) is 0 Å². The van der Waals surface area contributed by atoms with E-state index in [2.05, 4.69) is 0 Å². The van der Waals surface area contributed by atoms with Gasteiger partial charge in [0.1, 0.15) is 5.57 Å². The van der Waals surface area contributed by atoms with E-state index in [4.69, 9.17) is 5.11 Å². The lowest BCUT2D eigenvalue weighted by atomic mass is 10.2. The fourth-order valence-corrected chi connectivity index (χ4v) is 0.364. The molecule has 0 spiro atoms. The van der Waals surface area contributed by atoms with Crippen LogP contribution in [0.1, 0.15) is 6.92 Å². The van der Waals surface area contributed by atoms with Gasteiger partial charge in [-0.2, -0.15) is 13.2 Å². The molecule has 58 valence electrons. The number of allylic oxidation sites excluding steroid dienone is 1. The van der Waals surface area contributed by atoms with Gasteiger partial charge in [0.05, 0.1) is 6.26 Å². The number of Topliss-reactive ketones (excluding diaryl/α,β-unsaturated/α-hetero) is 1. The zero-order valence-electron chi connectivity index (χ0n) is 5.07. The third-order valence-corrected chi connectivity index (χ3v) is 0.814. The van der Waals surface area contributed by atoms with Crippen LogP contribution < -0.4 is 0 Å². The fourth-order valence-electron chi connectivity index (χ4n) is 0.364. The number of ketones is 1. The summed E-state index contributed by atoms with van der Waals surface area (Å²) in [4.78, 5) is 10.1. The van der Waals surface area contributed by atoms with Crippen molar-refractivity contribution in [1.29, 1.82) is 0 Å². The van der Waals surface area contributed by atoms with Crippen LogP contribution in [-0.4, -0.2) is 17.1 Å². The van der Waals surface area contributed by atoms with E-state index in [0.29, 0.717) is 0 Å². The molecule has 0 heterocycles. The maximum absolute atomic E-state index is 11.5. The third-order valence-electron chi connectivity index (χ3n) is 0.814. The minimum atomic E-state index is -4.75. The Hall–Kier alpha value is -1.00. The van der Waals surface area contributed by atoms with Crippen molar-refractivity contribution in [3.8, 4) is 0 Å². The number of alkyl halides is 3. The van der Waals surface area contributed by atoms with Gasteiger partial charge in [-0.05, 0) is 6.92 Å². The molecule has 0 atom stereocenters. The molecule has 1 N–H and O–H groups in total. The Morgan fingerprint density at radius 3 is 1.90 bits per heavy atom. The normalized spacial score (nSPS) is 13.4. The summed E-state index contributed by atoms with van der Waals surface area (Å²) in [7, 11) is 0. The molecular weight excluding hydrogens is 149 g/mol. The summed E-state index contributed by atoms with van der Waals surface area (Å²) in [5.74, 6) is -1.20. The Labute approximate surface area is 55.0 Å². The lowest BCUT2D eigenvalue weighted by Gasteiger charge is -2.04. The SMILES string of the molecule is CC(=O)C(=CO)C(F)(F)F. The molecule has 0 aliphatic rings. The molecular formula is C5H5F3O2. The number of carbonyl (C=O) groups is 1. The van der Waals surface area contributed by atoms with Gasteiger partial charge in [0, 0.05) is 0 Å². The van der Waals surface area contributed by atoms with Crippen LogP contribution in [0.5, 0.6) is 0 Å². The van der Waals surface area contributed by atoms with Crippen molar-refractivity contribution in [2.75, 3.05) is 0 Å². The molecule has 10 heavy (non-hydrogen) atoms. The van der Waals surface area contributed by atoms with Crippen molar-refractivity contribution >= 4 is 5.78 Å². The second-order valence-electron chi connectivity index (χ2n) is 1.60. The molecule has 0 aliphatic carbocycles. The predicted octanol–water partition coefficient (Wildman–Crippen LogP) is 1.58. The molecule has 0 aromatic heterocycles. The average molecular weight is 154 g/mol. The topological polar surface area (TPSA) is 37.3 Å². The third kappa shape index (κ3) is 2.08. The van der Waals surface area contributed by atoms with Crippen LogP contribution in [0.4, 0.5) is 13.2 Å². The summed E-state index contributed by atoms with van der Waals surface area (Å²) in [6, 6.07) is 0. The van der Waals surface area contributed by atoms with Crippen LogP contribution in [-0.2, 0) is 4.79 Å². The van der Waals surface area contributed by atoms with E-state index in [9.17, 15) is 18.0 Å². The van der Waals surface area contributed by atoms with Crippen LogP contribution in [0.25, 0.3) is 0 Å². The molecule has 0 amide bonds. The molecule has 2 nitrogen and oxygen atoms in total. The fraction of sp³-hybridized carbons (Fsp3) is 0.400. The average Bonchev–Trinajstić information content (AvgIpc) is 1.60. The van der Waals surface area contributed by atoms with Crippen LogP contribution >= 0.6 is 0 Å². The Morgan fingerprint density at radius 2 is 1.90 bits per heavy atom. The molecule has 0 aromatic carbocycles. The van der Waals surface area contributed by atoms with Gasteiger partial charge >= 0.3 is 6.18 Å². The number of rotatable bonds is 1. The van der Waals surface area contributed by atoms with Gasteiger partial charge in [-0.3, -0.25) is 4.79 Å².